The minimum absolute atomic E-state index is 0.00340. The summed E-state index contributed by atoms with van der Waals surface area (Å²) in [5, 5.41) is 11.8. The number of amides is 1. The maximum atomic E-state index is 13.6. The Morgan fingerprint density at radius 3 is 2.68 bits per heavy atom. The Balaban J connectivity index is 1.46. The number of methoxy groups -OCH3 is 1. The quantitative estimate of drug-likeness (QED) is 0.284. The maximum absolute atomic E-state index is 13.6. The zero-order chi connectivity index (χ0) is 26.7. The molecule has 12 heteroatoms. The fraction of sp³-hybridized carbons (Fsp3) is 0.462. The van der Waals surface area contributed by atoms with Crippen LogP contribution in [0.1, 0.15) is 18.7 Å². The number of aliphatic hydroxyl groups excluding tert-OH is 1. The number of imidazole rings is 1. The number of nitrogens with one attached hydrogen (secondary N) is 2. The molecule has 38 heavy (non-hydrogen) atoms. The highest BCUT2D eigenvalue weighted by atomic mass is 19.1. The van der Waals surface area contributed by atoms with E-state index in [0.717, 1.165) is 6.42 Å². The van der Waals surface area contributed by atoms with E-state index in [1.54, 1.807) is 31.5 Å². The molecule has 0 bridgehead atoms. The Labute approximate surface area is 219 Å². The molecule has 2 aromatic heterocycles. The van der Waals surface area contributed by atoms with E-state index >= 15 is 0 Å². The van der Waals surface area contributed by atoms with Crippen molar-refractivity contribution in [3.63, 3.8) is 0 Å². The molecule has 0 radical (unpaired) electrons. The number of hydrogen-bond donors (Lipinski definition) is 3. The zero-order valence-corrected chi connectivity index (χ0v) is 21.2. The van der Waals surface area contributed by atoms with E-state index in [9.17, 15) is 9.18 Å². The van der Waals surface area contributed by atoms with Gasteiger partial charge in [-0.1, -0.05) is 0 Å². The highest BCUT2D eigenvalue weighted by Crippen LogP contribution is 2.30. The van der Waals surface area contributed by atoms with Crippen LogP contribution < -0.4 is 10.1 Å². The van der Waals surface area contributed by atoms with Gasteiger partial charge in [-0.15, -0.1) is 0 Å². The predicted octanol–water partition coefficient (Wildman–Crippen LogP) is 2.12. The Morgan fingerprint density at radius 2 is 1.95 bits per heavy atom. The second kappa shape index (κ2) is 13.9. The summed E-state index contributed by atoms with van der Waals surface area (Å²) in [6.45, 7) is 1.87. The third-order valence-corrected chi connectivity index (χ3v) is 5.82. The van der Waals surface area contributed by atoms with Crippen molar-refractivity contribution >= 4 is 5.91 Å². The van der Waals surface area contributed by atoms with E-state index < -0.39 is 6.29 Å². The third kappa shape index (κ3) is 7.54. The van der Waals surface area contributed by atoms with Gasteiger partial charge in [-0.3, -0.25) is 4.79 Å². The fourth-order valence-corrected chi connectivity index (χ4v) is 3.84. The van der Waals surface area contributed by atoms with Gasteiger partial charge in [0.1, 0.15) is 11.6 Å². The second-order valence-corrected chi connectivity index (χ2v) is 8.70. The van der Waals surface area contributed by atoms with Crippen LogP contribution >= 0.6 is 0 Å². The summed E-state index contributed by atoms with van der Waals surface area (Å²) in [5.41, 5.74) is 2.41. The van der Waals surface area contributed by atoms with Crippen LogP contribution in [-0.2, 0) is 25.4 Å². The number of carbonyl (C=O) groups is 1. The van der Waals surface area contributed by atoms with E-state index in [0.29, 0.717) is 54.5 Å². The number of ether oxygens (including phenoxy) is 4. The van der Waals surface area contributed by atoms with Gasteiger partial charge < -0.3 is 34.4 Å². The fourth-order valence-electron chi connectivity index (χ4n) is 3.84. The van der Waals surface area contributed by atoms with Gasteiger partial charge in [0.15, 0.2) is 6.29 Å². The molecule has 3 aromatic rings. The lowest BCUT2D eigenvalue weighted by molar-refractivity contribution is -0.200. The number of hydrogen-bond acceptors (Lipinski definition) is 9. The van der Waals surface area contributed by atoms with Gasteiger partial charge in [0.05, 0.1) is 49.2 Å². The summed E-state index contributed by atoms with van der Waals surface area (Å²) in [7, 11) is 1.62. The maximum Gasteiger partial charge on any atom is 0.316 e. The smallest absolute Gasteiger partial charge is 0.316 e. The molecule has 0 atom stereocenters. The van der Waals surface area contributed by atoms with Gasteiger partial charge in [0.2, 0.25) is 5.91 Å². The summed E-state index contributed by atoms with van der Waals surface area (Å²) < 4.78 is 35.7. The SMILES string of the molecule is COCCCNC(=O)C1COC(Cc2nc(-c3ccc(F)cc3)c(-c3ccnc(OCCCO)n3)[nH]2)OC1. The zero-order valence-electron chi connectivity index (χ0n) is 21.2. The van der Waals surface area contributed by atoms with Crippen molar-refractivity contribution in [1.29, 1.82) is 0 Å². The minimum Gasteiger partial charge on any atom is -0.463 e. The Morgan fingerprint density at radius 1 is 1.16 bits per heavy atom. The Bertz CT molecular complexity index is 1170. The Kier molecular flexibility index (Phi) is 10.1. The monoisotopic (exact) mass is 529 g/mol. The molecule has 3 heterocycles. The lowest BCUT2D eigenvalue weighted by Crippen LogP contribution is -2.42. The summed E-state index contributed by atoms with van der Waals surface area (Å²) in [5.74, 6) is -0.276. The van der Waals surface area contributed by atoms with Crippen molar-refractivity contribution in [2.45, 2.75) is 25.6 Å². The van der Waals surface area contributed by atoms with Crippen LogP contribution in [0.2, 0.25) is 0 Å². The molecule has 0 unspecified atom stereocenters. The lowest BCUT2D eigenvalue weighted by Gasteiger charge is -2.28. The number of benzene rings is 1. The average molecular weight is 530 g/mol. The van der Waals surface area contributed by atoms with E-state index in [1.165, 1.54) is 12.1 Å². The number of aromatic nitrogens is 4. The van der Waals surface area contributed by atoms with E-state index in [2.05, 4.69) is 20.3 Å². The number of halogens is 1. The summed E-state index contributed by atoms with van der Waals surface area (Å²) in [4.78, 5) is 28.9. The molecule has 3 N–H and O–H groups in total. The van der Waals surface area contributed by atoms with Crippen LogP contribution in [0.15, 0.2) is 36.5 Å². The topological polar surface area (TPSA) is 141 Å². The highest BCUT2D eigenvalue weighted by molar-refractivity contribution is 5.79. The predicted molar refractivity (Wildman–Crippen MR) is 135 cm³/mol. The summed E-state index contributed by atoms with van der Waals surface area (Å²) in [6, 6.07) is 7.90. The molecular formula is C26H32FN5O6. The van der Waals surface area contributed by atoms with Crippen molar-refractivity contribution in [3.05, 3.63) is 48.2 Å². The number of H-pyrrole nitrogens is 1. The van der Waals surface area contributed by atoms with Crippen molar-refractivity contribution in [2.24, 2.45) is 5.92 Å². The second-order valence-electron chi connectivity index (χ2n) is 8.70. The van der Waals surface area contributed by atoms with Crippen molar-refractivity contribution in [2.75, 3.05) is 46.7 Å². The molecule has 4 rings (SSSR count). The van der Waals surface area contributed by atoms with Crippen LogP contribution in [0.5, 0.6) is 6.01 Å². The minimum atomic E-state index is -0.588. The van der Waals surface area contributed by atoms with Gasteiger partial charge >= 0.3 is 6.01 Å². The van der Waals surface area contributed by atoms with Crippen LogP contribution in [0.3, 0.4) is 0 Å². The number of aliphatic hydroxyl groups is 1. The molecule has 1 aliphatic heterocycles. The molecule has 1 amide bonds. The first-order valence-corrected chi connectivity index (χ1v) is 12.5. The number of carbonyl (C=O) groups excluding carboxylic acids is 1. The average Bonchev–Trinajstić information content (AvgIpc) is 3.36. The summed E-state index contributed by atoms with van der Waals surface area (Å²) >= 11 is 0. The largest absolute Gasteiger partial charge is 0.463 e. The number of aromatic amines is 1. The summed E-state index contributed by atoms with van der Waals surface area (Å²) in [6.07, 6.45) is 2.48. The van der Waals surface area contributed by atoms with Gasteiger partial charge in [0, 0.05) is 45.0 Å². The van der Waals surface area contributed by atoms with Gasteiger partial charge in [-0.05, 0) is 36.8 Å². The lowest BCUT2D eigenvalue weighted by atomic mass is 10.1. The molecule has 1 aliphatic rings. The highest BCUT2D eigenvalue weighted by Gasteiger charge is 2.29. The van der Waals surface area contributed by atoms with E-state index in [4.69, 9.17) is 29.0 Å². The first-order valence-electron chi connectivity index (χ1n) is 12.5. The number of nitrogens with zero attached hydrogens (tertiary/aromatic N) is 3. The molecule has 0 aliphatic carbocycles. The van der Waals surface area contributed by atoms with Crippen LogP contribution in [0.25, 0.3) is 22.6 Å². The molecular weight excluding hydrogens is 497 g/mol. The first-order chi connectivity index (χ1) is 18.6. The van der Waals surface area contributed by atoms with Crippen molar-refractivity contribution in [1.82, 2.24) is 25.3 Å². The van der Waals surface area contributed by atoms with Gasteiger partial charge in [-0.25, -0.2) is 14.4 Å². The third-order valence-electron chi connectivity index (χ3n) is 5.82. The Hall–Kier alpha value is -3.45. The first kappa shape index (κ1) is 27.6. The standard InChI is InChI=1S/C26H32FN5O6/c1-35-12-2-9-28-25(34)18-15-37-22(38-16-18)14-21-31-23(17-4-6-19(27)7-5-17)24(32-21)20-8-10-29-26(30-20)36-13-3-11-33/h4-8,10,18,22,33H,2-3,9,11-16H2,1H3,(H,28,34)(H,31,32). The van der Waals surface area contributed by atoms with Crippen LogP contribution in [0, 0.1) is 11.7 Å². The normalized spacial score (nSPS) is 17.3. The van der Waals surface area contributed by atoms with Gasteiger partial charge in [-0.2, -0.15) is 4.98 Å². The molecule has 0 spiro atoms. The van der Waals surface area contributed by atoms with Crippen molar-refractivity contribution in [3.8, 4) is 28.7 Å². The molecule has 1 aromatic carbocycles. The molecule has 204 valence electrons. The molecule has 0 saturated carbocycles. The molecule has 1 saturated heterocycles. The van der Waals surface area contributed by atoms with Crippen LogP contribution in [-0.4, -0.2) is 83.9 Å². The van der Waals surface area contributed by atoms with Gasteiger partial charge in [0.25, 0.3) is 0 Å². The number of rotatable bonds is 13. The van der Waals surface area contributed by atoms with E-state index in [-0.39, 0.29) is 50.1 Å². The molecule has 1 fully saturated rings. The van der Waals surface area contributed by atoms with Crippen LogP contribution in [0.4, 0.5) is 4.39 Å². The van der Waals surface area contributed by atoms with Crippen molar-refractivity contribution < 1.29 is 33.2 Å². The van der Waals surface area contributed by atoms with E-state index in [1.807, 2.05) is 0 Å². The molecule has 11 nitrogen and oxygen atoms in total.